The SMILES string of the molecule is CCCNC(=O)Nc1ccc2c(cnn2C2CC3CCC(C2)N3C)c1. The van der Waals surface area contributed by atoms with Crippen molar-refractivity contribution in [3.8, 4) is 0 Å². The number of rotatable bonds is 4. The van der Waals surface area contributed by atoms with Gasteiger partial charge in [-0.05, 0) is 57.4 Å². The Hall–Kier alpha value is -2.08. The van der Waals surface area contributed by atoms with Gasteiger partial charge in [0, 0.05) is 29.7 Å². The van der Waals surface area contributed by atoms with E-state index in [0.717, 1.165) is 23.0 Å². The van der Waals surface area contributed by atoms with Crippen molar-refractivity contribution >= 4 is 22.6 Å². The van der Waals surface area contributed by atoms with Gasteiger partial charge in [0.15, 0.2) is 0 Å². The van der Waals surface area contributed by atoms with E-state index in [1.807, 2.05) is 25.3 Å². The normalized spacial score (nSPS) is 26.1. The van der Waals surface area contributed by atoms with Gasteiger partial charge in [-0.2, -0.15) is 5.10 Å². The van der Waals surface area contributed by atoms with Gasteiger partial charge in [0.1, 0.15) is 0 Å². The van der Waals surface area contributed by atoms with Crippen molar-refractivity contribution < 1.29 is 4.79 Å². The zero-order chi connectivity index (χ0) is 17.4. The van der Waals surface area contributed by atoms with Crippen LogP contribution in [0.5, 0.6) is 0 Å². The number of hydrogen-bond acceptors (Lipinski definition) is 3. The molecule has 1 aromatic carbocycles. The van der Waals surface area contributed by atoms with E-state index in [2.05, 4.69) is 38.4 Å². The summed E-state index contributed by atoms with van der Waals surface area (Å²) in [7, 11) is 2.27. The lowest BCUT2D eigenvalue weighted by atomic mass is 9.98. The Morgan fingerprint density at radius 2 is 2.00 bits per heavy atom. The topological polar surface area (TPSA) is 62.2 Å². The third kappa shape index (κ3) is 3.11. The molecule has 4 rings (SSSR count). The molecule has 0 spiro atoms. The van der Waals surface area contributed by atoms with E-state index < -0.39 is 0 Å². The summed E-state index contributed by atoms with van der Waals surface area (Å²) in [5, 5.41) is 11.5. The van der Waals surface area contributed by atoms with Gasteiger partial charge in [-0.15, -0.1) is 0 Å². The summed E-state index contributed by atoms with van der Waals surface area (Å²) in [6.45, 7) is 2.72. The number of hydrogen-bond donors (Lipinski definition) is 2. The Bertz CT molecular complexity index is 756. The van der Waals surface area contributed by atoms with Crippen LogP contribution >= 0.6 is 0 Å². The minimum Gasteiger partial charge on any atom is -0.338 e. The molecular formula is C19H27N5O. The molecule has 6 nitrogen and oxygen atoms in total. The zero-order valence-electron chi connectivity index (χ0n) is 15.0. The number of fused-ring (bicyclic) bond motifs is 3. The van der Waals surface area contributed by atoms with Crippen molar-refractivity contribution in [2.24, 2.45) is 0 Å². The van der Waals surface area contributed by atoms with Gasteiger partial charge in [0.05, 0.1) is 17.8 Å². The van der Waals surface area contributed by atoms with E-state index in [1.54, 1.807) is 0 Å². The maximum atomic E-state index is 11.8. The lowest BCUT2D eigenvalue weighted by Gasteiger charge is -2.36. The second-order valence-corrected chi connectivity index (χ2v) is 7.42. The van der Waals surface area contributed by atoms with Gasteiger partial charge >= 0.3 is 6.03 Å². The van der Waals surface area contributed by atoms with Crippen LogP contribution in [0, 0.1) is 0 Å². The predicted molar refractivity (Wildman–Crippen MR) is 99.9 cm³/mol. The van der Waals surface area contributed by atoms with Crippen molar-refractivity contribution in [3.63, 3.8) is 0 Å². The summed E-state index contributed by atoms with van der Waals surface area (Å²) < 4.78 is 2.20. The number of carbonyl (C=O) groups is 1. The molecule has 2 aromatic rings. The summed E-state index contributed by atoms with van der Waals surface area (Å²) in [5.74, 6) is 0. The highest BCUT2D eigenvalue weighted by Gasteiger charge is 2.39. The molecule has 2 amide bonds. The molecule has 2 fully saturated rings. The van der Waals surface area contributed by atoms with E-state index >= 15 is 0 Å². The minimum atomic E-state index is -0.152. The molecule has 2 bridgehead atoms. The van der Waals surface area contributed by atoms with Crippen LogP contribution in [0.4, 0.5) is 10.5 Å². The highest BCUT2D eigenvalue weighted by atomic mass is 16.2. The quantitative estimate of drug-likeness (QED) is 0.896. The number of anilines is 1. The average molecular weight is 341 g/mol. The van der Waals surface area contributed by atoms with Gasteiger partial charge in [-0.1, -0.05) is 6.92 Å². The highest BCUT2D eigenvalue weighted by Crippen LogP contribution is 2.40. The van der Waals surface area contributed by atoms with Crippen molar-refractivity contribution in [3.05, 3.63) is 24.4 Å². The molecule has 6 heteroatoms. The third-order valence-corrected chi connectivity index (χ3v) is 5.81. The van der Waals surface area contributed by atoms with Gasteiger partial charge in [-0.25, -0.2) is 4.79 Å². The number of piperidine rings is 1. The van der Waals surface area contributed by atoms with Crippen molar-refractivity contribution in [1.82, 2.24) is 20.0 Å². The lowest BCUT2D eigenvalue weighted by Crippen LogP contribution is -2.40. The first-order valence-corrected chi connectivity index (χ1v) is 9.39. The number of aromatic nitrogens is 2. The van der Waals surface area contributed by atoms with Crippen LogP contribution in [0.15, 0.2) is 24.4 Å². The Kier molecular flexibility index (Phi) is 4.37. The van der Waals surface area contributed by atoms with Crippen LogP contribution in [-0.4, -0.2) is 46.4 Å². The van der Waals surface area contributed by atoms with E-state index in [9.17, 15) is 4.79 Å². The van der Waals surface area contributed by atoms with E-state index in [1.165, 1.54) is 25.7 Å². The minimum absolute atomic E-state index is 0.152. The first kappa shape index (κ1) is 16.4. The van der Waals surface area contributed by atoms with Gasteiger partial charge in [-0.3, -0.25) is 4.68 Å². The molecule has 2 atom stereocenters. The van der Waals surface area contributed by atoms with Crippen molar-refractivity contribution in [1.29, 1.82) is 0 Å². The second kappa shape index (κ2) is 6.67. The smallest absolute Gasteiger partial charge is 0.319 e. The summed E-state index contributed by atoms with van der Waals surface area (Å²) in [6.07, 6.45) is 7.85. The van der Waals surface area contributed by atoms with Crippen LogP contribution in [-0.2, 0) is 0 Å². The number of nitrogens with zero attached hydrogens (tertiary/aromatic N) is 3. The summed E-state index contributed by atoms with van der Waals surface area (Å²) >= 11 is 0. The van der Waals surface area contributed by atoms with Gasteiger partial charge < -0.3 is 15.5 Å². The highest BCUT2D eigenvalue weighted by molar-refractivity contribution is 5.92. The van der Waals surface area contributed by atoms with Crippen LogP contribution in [0.25, 0.3) is 10.9 Å². The molecule has 1 aromatic heterocycles. The lowest BCUT2D eigenvalue weighted by molar-refractivity contribution is 0.133. The molecule has 0 radical (unpaired) electrons. The predicted octanol–water partition coefficient (Wildman–Crippen LogP) is 3.37. The molecule has 2 aliphatic heterocycles. The number of urea groups is 1. The third-order valence-electron chi connectivity index (χ3n) is 5.81. The number of benzene rings is 1. The summed E-state index contributed by atoms with van der Waals surface area (Å²) in [5.41, 5.74) is 1.97. The number of carbonyl (C=O) groups excluding carboxylic acids is 1. The first-order chi connectivity index (χ1) is 12.2. The van der Waals surface area contributed by atoms with E-state index in [-0.39, 0.29) is 6.03 Å². The monoisotopic (exact) mass is 341 g/mol. The molecule has 2 N–H and O–H groups in total. The van der Waals surface area contributed by atoms with Crippen LogP contribution < -0.4 is 10.6 Å². The zero-order valence-corrected chi connectivity index (χ0v) is 15.0. The van der Waals surface area contributed by atoms with Crippen LogP contribution in [0.1, 0.15) is 45.1 Å². The van der Waals surface area contributed by atoms with Crippen molar-refractivity contribution in [2.75, 3.05) is 18.9 Å². The maximum Gasteiger partial charge on any atom is 0.319 e. The van der Waals surface area contributed by atoms with E-state index in [0.29, 0.717) is 24.7 Å². The van der Waals surface area contributed by atoms with Crippen LogP contribution in [0.2, 0.25) is 0 Å². The fraction of sp³-hybridized carbons (Fsp3) is 0.579. The Morgan fingerprint density at radius 1 is 1.24 bits per heavy atom. The van der Waals surface area contributed by atoms with Gasteiger partial charge in [0.2, 0.25) is 0 Å². The number of amides is 2. The average Bonchev–Trinajstić information content (AvgIpc) is 3.09. The van der Waals surface area contributed by atoms with Crippen molar-refractivity contribution in [2.45, 2.75) is 57.2 Å². The molecule has 25 heavy (non-hydrogen) atoms. The molecule has 3 heterocycles. The van der Waals surface area contributed by atoms with Crippen LogP contribution in [0.3, 0.4) is 0 Å². The molecule has 2 unspecified atom stereocenters. The Labute approximate surface area is 148 Å². The molecule has 2 saturated heterocycles. The fourth-order valence-electron chi connectivity index (χ4n) is 4.42. The fourth-order valence-corrected chi connectivity index (χ4v) is 4.42. The number of nitrogens with one attached hydrogen (secondary N) is 2. The molecule has 134 valence electrons. The molecule has 0 saturated carbocycles. The Morgan fingerprint density at radius 3 is 2.72 bits per heavy atom. The second-order valence-electron chi connectivity index (χ2n) is 7.42. The molecule has 0 aliphatic carbocycles. The standard InChI is InChI=1S/C19H27N5O/c1-3-8-20-19(25)22-14-4-7-18-13(9-14)12-21-24(18)17-10-15-5-6-16(11-17)23(15)2/h4,7,9,12,15-17H,3,5-6,8,10-11H2,1-2H3,(H2,20,22,25). The summed E-state index contributed by atoms with van der Waals surface area (Å²) in [4.78, 5) is 14.4. The summed E-state index contributed by atoms with van der Waals surface area (Å²) in [6, 6.07) is 7.79. The van der Waals surface area contributed by atoms with Gasteiger partial charge in [0.25, 0.3) is 0 Å². The molecule has 2 aliphatic rings. The molecular weight excluding hydrogens is 314 g/mol. The Balaban J connectivity index is 1.52. The largest absolute Gasteiger partial charge is 0.338 e. The van der Waals surface area contributed by atoms with E-state index in [4.69, 9.17) is 0 Å². The first-order valence-electron chi connectivity index (χ1n) is 9.39. The maximum absolute atomic E-state index is 11.8.